The fraction of sp³-hybridized carbons (Fsp3) is 0.379. The van der Waals surface area contributed by atoms with Gasteiger partial charge in [0.05, 0.1) is 40.8 Å². The Morgan fingerprint density at radius 2 is 1.86 bits per heavy atom. The van der Waals surface area contributed by atoms with Crippen molar-refractivity contribution in [2.24, 2.45) is 5.92 Å². The summed E-state index contributed by atoms with van der Waals surface area (Å²) in [7, 11) is -3.06. The highest BCUT2D eigenvalue weighted by molar-refractivity contribution is 7.87. The molecular weight excluding hydrogens is 643 g/mol. The van der Waals surface area contributed by atoms with E-state index in [-0.39, 0.29) is 50.9 Å². The Labute approximate surface area is 264 Å². The molecule has 44 heavy (non-hydrogen) atoms. The number of anilines is 2. The highest BCUT2D eigenvalue weighted by atomic mass is 35.5. The highest BCUT2D eigenvalue weighted by Gasteiger charge is 2.25. The minimum absolute atomic E-state index is 0.0136. The van der Waals surface area contributed by atoms with Gasteiger partial charge in [-0.1, -0.05) is 30.1 Å². The number of ether oxygens (including phenoxy) is 3. The molecule has 0 bridgehead atoms. The zero-order chi connectivity index (χ0) is 32.0. The lowest BCUT2D eigenvalue weighted by Gasteiger charge is -2.22. The molecule has 0 spiro atoms. The van der Waals surface area contributed by atoms with Crippen LogP contribution >= 0.6 is 23.2 Å². The van der Waals surface area contributed by atoms with Crippen molar-refractivity contribution in [3.05, 3.63) is 70.0 Å². The fourth-order valence-corrected chi connectivity index (χ4v) is 5.75. The highest BCUT2D eigenvalue weighted by Crippen LogP contribution is 2.38. The number of halogens is 4. The van der Waals surface area contributed by atoms with E-state index in [1.54, 1.807) is 12.1 Å². The molecule has 1 atom stereocenters. The van der Waals surface area contributed by atoms with Gasteiger partial charge in [0.2, 0.25) is 0 Å². The van der Waals surface area contributed by atoms with E-state index in [1.165, 1.54) is 43.6 Å². The summed E-state index contributed by atoms with van der Waals surface area (Å²) < 4.78 is 75.8. The second-order valence-corrected chi connectivity index (χ2v) is 12.3. The van der Waals surface area contributed by atoms with E-state index in [9.17, 15) is 26.5 Å². The van der Waals surface area contributed by atoms with Gasteiger partial charge in [0.15, 0.2) is 11.5 Å². The van der Waals surface area contributed by atoms with Crippen LogP contribution in [0.4, 0.5) is 20.2 Å². The van der Waals surface area contributed by atoms with Crippen LogP contribution in [0.1, 0.15) is 54.6 Å². The number of amides is 1. The summed E-state index contributed by atoms with van der Waals surface area (Å²) in [5, 5.41) is 2.82. The Balaban J connectivity index is 1.46. The fourth-order valence-electron chi connectivity index (χ4n) is 4.38. The lowest BCUT2D eigenvalue weighted by molar-refractivity contribution is -0.0515. The third-order valence-corrected chi connectivity index (χ3v) is 8.56. The number of hydrogen-bond donors (Lipinski definition) is 2. The number of methoxy groups -OCH3 is 1. The summed E-state index contributed by atoms with van der Waals surface area (Å²) in [4.78, 5) is 17.5. The summed E-state index contributed by atoms with van der Waals surface area (Å²) in [5.41, 5.74) is 0.869. The van der Waals surface area contributed by atoms with Crippen LogP contribution in [0.3, 0.4) is 0 Å². The van der Waals surface area contributed by atoms with Crippen molar-refractivity contribution in [2.75, 3.05) is 29.9 Å². The van der Waals surface area contributed by atoms with Crippen LogP contribution in [-0.2, 0) is 10.3 Å². The first-order chi connectivity index (χ1) is 20.9. The van der Waals surface area contributed by atoms with Gasteiger partial charge in [-0.05, 0) is 74.1 Å². The normalized spacial score (nSPS) is 13.8. The largest absolute Gasteiger partial charge is 0.497 e. The number of hydrogen-bond acceptors (Lipinski definition) is 7. The third kappa shape index (κ3) is 8.84. The second kappa shape index (κ2) is 14.6. The molecule has 1 aliphatic rings. The topological polar surface area (TPSA) is 127 Å². The molecular formula is C29H31Cl2F2N3O7S. The van der Waals surface area contributed by atoms with Crippen molar-refractivity contribution in [3.8, 4) is 17.2 Å². The average molecular weight is 675 g/mol. The Bertz CT molecular complexity index is 1580. The molecule has 1 amide bonds. The van der Waals surface area contributed by atoms with Crippen LogP contribution in [0.25, 0.3) is 0 Å². The average Bonchev–Trinajstić information content (AvgIpc) is 3.80. The summed E-state index contributed by atoms with van der Waals surface area (Å²) in [5.74, 6) is -0.235. The number of nitrogens with zero attached hydrogens (tertiary/aromatic N) is 2. The molecule has 1 saturated carbocycles. The lowest BCUT2D eigenvalue weighted by atomic mass is 10.0. The van der Waals surface area contributed by atoms with Gasteiger partial charge >= 0.3 is 16.9 Å². The number of rotatable bonds is 15. The first kappa shape index (κ1) is 33.5. The molecule has 1 fully saturated rings. The molecule has 15 heteroatoms. The van der Waals surface area contributed by atoms with Crippen molar-refractivity contribution in [2.45, 2.75) is 45.1 Å². The Morgan fingerprint density at radius 3 is 2.48 bits per heavy atom. The van der Waals surface area contributed by atoms with E-state index in [4.69, 9.17) is 32.7 Å². The molecule has 3 aromatic rings. The number of aromatic nitrogens is 1. The SMILES string of the molecule is COc1ccc(N(CCCC(C)c2ncc(Cl)c(NC(=O)c3ccc(OC(F)F)c(OCC4CC4)c3)c2Cl)S(=O)(=O)O)cc1. The van der Waals surface area contributed by atoms with Crippen molar-refractivity contribution in [1.82, 2.24) is 4.98 Å². The van der Waals surface area contributed by atoms with Gasteiger partial charge < -0.3 is 19.5 Å². The molecule has 0 saturated heterocycles. The molecule has 4 rings (SSSR count). The minimum atomic E-state index is -4.55. The summed E-state index contributed by atoms with van der Waals surface area (Å²) >= 11 is 13.0. The standard InChI is InChI=1S/C29H31Cl2F2N3O7S/c1-17(4-3-13-36(44(38,39)40)20-8-10-21(41-2)11-9-20)26-25(31)27(22(30)15-34-26)35-28(37)19-7-12-23(43-29(32)33)24(14-19)42-16-18-5-6-18/h7-12,14-15,17-18,29H,3-6,13,16H2,1-2H3,(H,34,35,37)(H,38,39,40). The monoisotopic (exact) mass is 673 g/mol. The molecule has 2 aromatic carbocycles. The van der Waals surface area contributed by atoms with Gasteiger partial charge in [0.25, 0.3) is 5.91 Å². The number of benzene rings is 2. The Morgan fingerprint density at radius 1 is 1.16 bits per heavy atom. The van der Waals surface area contributed by atoms with E-state index in [1.807, 2.05) is 6.92 Å². The first-order valence-electron chi connectivity index (χ1n) is 13.6. The van der Waals surface area contributed by atoms with Gasteiger partial charge in [-0.2, -0.15) is 17.2 Å². The van der Waals surface area contributed by atoms with Crippen molar-refractivity contribution in [1.29, 1.82) is 0 Å². The first-order valence-corrected chi connectivity index (χ1v) is 15.8. The molecule has 2 N–H and O–H groups in total. The Kier molecular flexibility index (Phi) is 11.1. The summed E-state index contributed by atoms with van der Waals surface area (Å²) in [6, 6.07) is 10.1. The van der Waals surface area contributed by atoms with Crippen molar-refractivity contribution >= 4 is 50.8 Å². The zero-order valence-electron chi connectivity index (χ0n) is 23.8. The predicted octanol–water partition coefficient (Wildman–Crippen LogP) is 7.23. The van der Waals surface area contributed by atoms with E-state index in [2.05, 4.69) is 15.0 Å². The summed E-state index contributed by atoms with van der Waals surface area (Å²) in [6.45, 7) is -0.952. The minimum Gasteiger partial charge on any atom is -0.497 e. The smallest absolute Gasteiger partial charge is 0.387 e. The maximum absolute atomic E-state index is 13.2. The Hall–Kier alpha value is -3.39. The summed E-state index contributed by atoms with van der Waals surface area (Å²) in [6.07, 6.45) is 4.03. The van der Waals surface area contributed by atoms with Gasteiger partial charge in [0, 0.05) is 24.2 Å². The van der Waals surface area contributed by atoms with Crippen LogP contribution in [0.5, 0.6) is 17.2 Å². The van der Waals surface area contributed by atoms with Crippen LogP contribution in [-0.4, -0.2) is 50.7 Å². The number of nitrogens with one attached hydrogen (secondary N) is 1. The molecule has 1 aromatic heterocycles. The van der Waals surface area contributed by atoms with E-state index in [0.717, 1.165) is 17.1 Å². The molecule has 1 unspecified atom stereocenters. The third-order valence-electron chi connectivity index (χ3n) is 6.94. The molecule has 238 valence electrons. The maximum atomic E-state index is 13.2. The number of pyridine rings is 1. The molecule has 1 aliphatic carbocycles. The van der Waals surface area contributed by atoms with Gasteiger partial charge in [-0.15, -0.1) is 0 Å². The van der Waals surface area contributed by atoms with Gasteiger partial charge in [-0.3, -0.25) is 14.3 Å². The van der Waals surface area contributed by atoms with E-state index < -0.39 is 22.8 Å². The quantitative estimate of drug-likeness (QED) is 0.162. The van der Waals surface area contributed by atoms with Crippen LogP contribution < -0.4 is 23.8 Å². The van der Waals surface area contributed by atoms with E-state index >= 15 is 0 Å². The molecule has 0 radical (unpaired) electrons. The number of carbonyl (C=O) groups is 1. The molecule has 1 heterocycles. The lowest BCUT2D eigenvalue weighted by Crippen LogP contribution is -2.31. The molecule has 10 nitrogen and oxygen atoms in total. The van der Waals surface area contributed by atoms with E-state index in [0.29, 0.717) is 36.8 Å². The van der Waals surface area contributed by atoms with Gasteiger partial charge in [-0.25, -0.2) is 4.31 Å². The van der Waals surface area contributed by atoms with Gasteiger partial charge in [0.1, 0.15) is 5.75 Å². The predicted molar refractivity (Wildman–Crippen MR) is 163 cm³/mol. The number of carbonyl (C=O) groups excluding carboxylic acids is 1. The zero-order valence-corrected chi connectivity index (χ0v) is 26.1. The van der Waals surface area contributed by atoms with Crippen LogP contribution in [0.15, 0.2) is 48.7 Å². The van der Waals surface area contributed by atoms with Crippen LogP contribution in [0.2, 0.25) is 10.0 Å². The number of alkyl halides is 2. The van der Waals surface area contributed by atoms with Crippen molar-refractivity contribution in [3.63, 3.8) is 0 Å². The van der Waals surface area contributed by atoms with Crippen molar-refractivity contribution < 1.29 is 40.8 Å². The van der Waals surface area contributed by atoms with Crippen LogP contribution in [0, 0.1) is 5.92 Å². The molecule has 0 aliphatic heterocycles. The second-order valence-electron chi connectivity index (χ2n) is 10.2. The maximum Gasteiger partial charge on any atom is 0.387 e.